The molecule has 6 aromatic carbocycles. The molecule has 0 aliphatic carbocycles. The van der Waals surface area contributed by atoms with E-state index in [4.69, 9.17) is 6.57 Å². The van der Waals surface area contributed by atoms with Gasteiger partial charge in [0.25, 0.3) is 0 Å². The van der Waals surface area contributed by atoms with Crippen LogP contribution in [0.15, 0.2) is 146 Å². The number of rotatable bonds is 10. The van der Waals surface area contributed by atoms with Crippen LogP contribution in [0.3, 0.4) is 0 Å². The van der Waals surface area contributed by atoms with Crippen molar-refractivity contribution in [3.8, 4) is 6.07 Å². The van der Waals surface area contributed by atoms with Crippen molar-refractivity contribution >= 4 is 78.5 Å². The molecule has 6 heteroatoms. The molecule has 6 aromatic rings. The lowest BCUT2D eigenvalue weighted by atomic mass is 10.1. The molecule has 0 spiro atoms. The first-order valence-electron chi connectivity index (χ1n) is 17.6. The van der Waals surface area contributed by atoms with Crippen LogP contribution >= 0.6 is 0 Å². The molecule has 0 bridgehead atoms. The summed E-state index contributed by atoms with van der Waals surface area (Å²) in [7, 11) is -2.86. The Hall–Kier alpha value is -5.93. The van der Waals surface area contributed by atoms with Crippen LogP contribution in [-0.2, 0) is 0 Å². The number of nitrogens with zero attached hydrogens (tertiary/aromatic N) is 4. The second-order valence-corrected chi connectivity index (χ2v) is 25.2. The molecule has 0 atom stereocenters. The molecule has 6 rings (SSSR count). The highest BCUT2D eigenvalue weighted by atomic mass is 28.3. The Morgan fingerprint density at radius 1 is 0.462 bits per heavy atom. The third-order valence-electron chi connectivity index (χ3n) is 9.25. The molecular weight excluding hydrogens is 665 g/mol. The van der Waals surface area contributed by atoms with Gasteiger partial charge in [-0.15, -0.1) is 0 Å². The fraction of sp³-hybridized carbons (Fsp3) is 0.130. The summed E-state index contributed by atoms with van der Waals surface area (Å²) in [5.41, 5.74) is 9.77. The van der Waals surface area contributed by atoms with E-state index in [0.29, 0.717) is 11.3 Å². The van der Waals surface area contributed by atoms with E-state index in [1.54, 1.807) is 0 Å². The predicted octanol–water partition coefficient (Wildman–Crippen LogP) is 12.3. The Morgan fingerprint density at radius 2 is 0.750 bits per heavy atom. The molecular formula is C46H44N4Si2. The Balaban J connectivity index is 1.25. The van der Waals surface area contributed by atoms with Gasteiger partial charge in [0.2, 0.25) is 0 Å². The number of anilines is 6. The first kappa shape index (κ1) is 35.9. The second kappa shape index (κ2) is 15.1. The summed E-state index contributed by atoms with van der Waals surface area (Å²) in [5.74, 6) is 0. The van der Waals surface area contributed by atoms with Crippen LogP contribution in [0.5, 0.6) is 0 Å². The molecule has 0 radical (unpaired) electrons. The lowest BCUT2D eigenvalue weighted by Crippen LogP contribution is -2.37. The van der Waals surface area contributed by atoms with Crippen molar-refractivity contribution in [2.24, 2.45) is 0 Å². The SMILES string of the molecule is [C-]#[N+]c1ccc(N(c2ccc(/C=C/c3ccc(N(c4ccc(C#N)cc4)c4ccc([Si](C)(C)C)cc4)cc3)cc2)c2ccc([Si](C)(C)C)cc2)cc1. The summed E-state index contributed by atoms with van der Waals surface area (Å²) in [6.45, 7) is 21.6. The predicted molar refractivity (Wildman–Crippen MR) is 228 cm³/mol. The molecule has 0 heterocycles. The quantitative estimate of drug-likeness (QED) is 0.0807. The number of benzene rings is 6. The number of hydrogen-bond acceptors (Lipinski definition) is 3. The zero-order valence-corrected chi connectivity index (χ0v) is 32.8. The number of nitriles is 1. The van der Waals surface area contributed by atoms with Crippen LogP contribution in [0.1, 0.15) is 16.7 Å². The van der Waals surface area contributed by atoms with E-state index < -0.39 is 16.1 Å². The highest BCUT2D eigenvalue weighted by Gasteiger charge is 2.19. The minimum atomic E-state index is -1.43. The van der Waals surface area contributed by atoms with Crippen molar-refractivity contribution in [2.45, 2.75) is 39.3 Å². The standard InChI is InChI=1S/C46H44N4Si2/c1-48-38-16-24-42(25-17-38)50(44-28-32-46(33-29-44)52(5,6)7)40-20-12-36(13-21-40)9-8-35-10-18-39(19-11-35)49(41-22-14-37(34-47)15-23-41)43-26-30-45(31-27-43)51(2,3)4/h8-33H,2-7H3/b9-8+. The maximum absolute atomic E-state index is 9.38. The van der Waals surface area contributed by atoms with Crippen LogP contribution in [-0.4, -0.2) is 16.1 Å². The highest BCUT2D eigenvalue weighted by molar-refractivity contribution is 6.89. The Bertz CT molecular complexity index is 2070. The monoisotopic (exact) mass is 708 g/mol. The van der Waals surface area contributed by atoms with E-state index >= 15 is 0 Å². The lowest BCUT2D eigenvalue weighted by Gasteiger charge is -2.27. The van der Waals surface area contributed by atoms with Gasteiger partial charge in [0.1, 0.15) is 0 Å². The molecule has 0 fully saturated rings. The minimum Gasteiger partial charge on any atom is -0.311 e. The molecule has 0 unspecified atom stereocenters. The fourth-order valence-corrected chi connectivity index (χ4v) is 8.47. The van der Waals surface area contributed by atoms with Crippen LogP contribution < -0.4 is 20.2 Å². The number of hydrogen-bond donors (Lipinski definition) is 0. The first-order chi connectivity index (χ1) is 24.9. The smallest absolute Gasteiger partial charge is 0.187 e. The third-order valence-corrected chi connectivity index (χ3v) is 13.4. The molecule has 0 aliphatic rings. The van der Waals surface area contributed by atoms with Gasteiger partial charge in [-0.2, -0.15) is 5.26 Å². The van der Waals surface area contributed by atoms with Crippen LogP contribution in [0, 0.1) is 17.9 Å². The molecule has 0 amide bonds. The van der Waals surface area contributed by atoms with Crippen LogP contribution in [0.2, 0.25) is 39.3 Å². The maximum Gasteiger partial charge on any atom is 0.187 e. The summed E-state index contributed by atoms with van der Waals surface area (Å²) in [6, 6.07) is 52.8. The van der Waals surface area contributed by atoms with Crippen LogP contribution in [0.25, 0.3) is 17.0 Å². The Morgan fingerprint density at radius 3 is 1.04 bits per heavy atom. The lowest BCUT2D eigenvalue weighted by molar-refractivity contribution is 1.28. The van der Waals surface area contributed by atoms with E-state index in [9.17, 15) is 5.26 Å². The summed E-state index contributed by atoms with van der Waals surface area (Å²) in [5, 5.41) is 12.2. The molecule has 0 saturated carbocycles. The van der Waals surface area contributed by atoms with E-state index in [1.807, 2.05) is 48.5 Å². The first-order valence-corrected chi connectivity index (χ1v) is 24.6. The van der Waals surface area contributed by atoms with Gasteiger partial charge in [-0.1, -0.05) is 122 Å². The Labute approximate surface area is 311 Å². The van der Waals surface area contributed by atoms with Gasteiger partial charge in [0.05, 0.1) is 34.4 Å². The van der Waals surface area contributed by atoms with E-state index in [-0.39, 0.29) is 0 Å². The summed E-state index contributed by atoms with van der Waals surface area (Å²) >= 11 is 0. The van der Waals surface area contributed by atoms with Crippen molar-refractivity contribution in [3.05, 3.63) is 174 Å². The molecule has 256 valence electrons. The zero-order chi connectivity index (χ0) is 36.9. The minimum absolute atomic E-state index is 0.629. The average Bonchev–Trinajstić information content (AvgIpc) is 3.15. The molecule has 0 aliphatic heterocycles. The normalized spacial score (nSPS) is 11.5. The zero-order valence-electron chi connectivity index (χ0n) is 30.8. The maximum atomic E-state index is 9.38. The van der Waals surface area contributed by atoms with Crippen molar-refractivity contribution in [1.29, 1.82) is 5.26 Å². The van der Waals surface area contributed by atoms with E-state index in [2.05, 4.69) is 169 Å². The largest absolute Gasteiger partial charge is 0.311 e. The molecule has 52 heavy (non-hydrogen) atoms. The summed E-state index contributed by atoms with van der Waals surface area (Å²) in [6.07, 6.45) is 4.29. The van der Waals surface area contributed by atoms with Gasteiger partial charge in [-0.3, -0.25) is 0 Å². The van der Waals surface area contributed by atoms with Crippen molar-refractivity contribution in [1.82, 2.24) is 0 Å². The van der Waals surface area contributed by atoms with E-state index in [0.717, 1.165) is 45.3 Å². The Kier molecular flexibility index (Phi) is 10.4. The van der Waals surface area contributed by atoms with Crippen LogP contribution in [0.4, 0.5) is 39.8 Å². The van der Waals surface area contributed by atoms with E-state index in [1.165, 1.54) is 10.4 Å². The van der Waals surface area contributed by atoms with Gasteiger partial charge in [0.15, 0.2) is 5.69 Å². The van der Waals surface area contributed by atoms with Gasteiger partial charge in [-0.25, -0.2) is 4.85 Å². The highest BCUT2D eigenvalue weighted by Crippen LogP contribution is 2.37. The average molecular weight is 709 g/mol. The van der Waals surface area contributed by atoms with Gasteiger partial charge in [-0.05, 0) is 96.1 Å². The van der Waals surface area contributed by atoms with Gasteiger partial charge >= 0.3 is 0 Å². The molecule has 4 nitrogen and oxygen atoms in total. The van der Waals surface area contributed by atoms with Crippen molar-refractivity contribution in [2.75, 3.05) is 9.80 Å². The third kappa shape index (κ3) is 8.33. The molecule has 0 aromatic heterocycles. The second-order valence-electron chi connectivity index (χ2n) is 15.1. The van der Waals surface area contributed by atoms with Crippen molar-refractivity contribution in [3.63, 3.8) is 0 Å². The van der Waals surface area contributed by atoms with Gasteiger partial charge < -0.3 is 9.80 Å². The fourth-order valence-electron chi connectivity index (χ4n) is 6.14. The molecule has 0 N–H and O–H groups in total. The topological polar surface area (TPSA) is 34.6 Å². The molecule has 0 saturated heterocycles. The summed E-state index contributed by atoms with van der Waals surface area (Å²) < 4.78 is 0. The van der Waals surface area contributed by atoms with Crippen molar-refractivity contribution < 1.29 is 0 Å². The summed E-state index contributed by atoms with van der Waals surface area (Å²) in [4.78, 5) is 8.07. The van der Waals surface area contributed by atoms with Gasteiger partial charge in [0, 0.05) is 34.1 Å².